The molecule has 1 heterocycles. The summed E-state index contributed by atoms with van der Waals surface area (Å²) in [4.78, 5) is 13.6. The van der Waals surface area contributed by atoms with E-state index >= 15 is 0 Å². The van der Waals surface area contributed by atoms with Crippen LogP contribution in [0.5, 0.6) is 0 Å². The molecule has 2 nitrogen and oxygen atoms in total. The van der Waals surface area contributed by atoms with Gasteiger partial charge in [0.1, 0.15) is 12.6 Å². The lowest BCUT2D eigenvalue weighted by Gasteiger charge is -2.46. The molecule has 1 aliphatic rings. The molecular formula is C26H36BrNO. The van der Waals surface area contributed by atoms with E-state index in [1.165, 1.54) is 47.1 Å². The SMILES string of the molecule is CCC(C(=O)Cc1c(C)cccc1C)[N+]1(Cc2cccc(C)c2)CCCCC1.[Br-]. The van der Waals surface area contributed by atoms with Crippen molar-refractivity contribution < 1.29 is 26.3 Å². The minimum absolute atomic E-state index is 0. The Kier molecular flexibility index (Phi) is 8.66. The van der Waals surface area contributed by atoms with Gasteiger partial charge in [-0.15, -0.1) is 0 Å². The van der Waals surface area contributed by atoms with Crippen LogP contribution in [0.1, 0.15) is 60.4 Å². The molecule has 0 aliphatic carbocycles. The first kappa shape index (κ1) is 23.8. The maximum atomic E-state index is 13.6. The number of ketones is 1. The Hall–Kier alpha value is -1.45. The van der Waals surface area contributed by atoms with Gasteiger partial charge < -0.3 is 21.5 Å². The molecule has 2 aromatic rings. The second kappa shape index (κ2) is 10.5. The van der Waals surface area contributed by atoms with Crippen LogP contribution in [0.3, 0.4) is 0 Å². The summed E-state index contributed by atoms with van der Waals surface area (Å²) < 4.78 is 0.948. The zero-order valence-corrected chi connectivity index (χ0v) is 20.1. The zero-order chi connectivity index (χ0) is 20.1. The predicted molar refractivity (Wildman–Crippen MR) is 117 cm³/mol. The van der Waals surface area contributed by atoms with Gasteiger partial charge in [0.15, 0.2) is 5.78 Å². The van der Waals surface area contributed by atoms with E-state index in [0.717, 1.165) is 30.5 Å². The number of Topliss-reactive ketones (excluding diaryl/α,β-unsaturated/α-hetero) is 1. The van der Waals surface area contributed by atoms with Crippen LogP contribution < -0.4 is 17.0 Å². The fraction of sp³-hybridized carbons (Fsp3) is 0.500. The summed E-state index contributed by atoms with van der Waals surface area (Å²) in [5, 5.41) is 0. The van der Waals surface area contributed by atoms with Crippen LogP contribution in [0.4, 0.5) is 0 Å². The lowest BCUT2D eigenvalue weighted by Crippen LogP contribution is -3.00. The molecule has 1 aliphatic heterocycles. The van der Waals surface area contributed by atoms with Gasteiger partial charge in [-0.1, -0.05) is 55.0 Å². The van der Waals surface area contributed by atoms with Gasteiger partial charge >= 0.3 is 0 Å². The Morgan fingerprint density at radius 2 is 1.59 bits per heavy atom. The summed E-state index contributed by atoms with van der Waals surface area (Å²) in [6.45, 7) is 11.9. The van der Waals surface area contributed by atoms with E-state index in [2.05, 4.69) is 70.2 Å². The summed E-state index contributed by atoms with van der Waals surface area (Å²) in [6, 6.07) is 15.3. The Labute approximate surface area is 187 Å². The molecule has 0 radical (unpaired) electrons. The number of aryl methyl sites for hydroxylation is 3. The molecule has 0 aromatic heterocycles. The van der Waals surface area contributed by atoms with E-state index in [-0.39, 0.29) is 23.0 Å². The van der Waals surface area contributed by atoms with Crippen molar-refractivity contribution in [3.05, 3.63) is 70.3 Å². The van der Waals surface area contributed by atoms with Crippen molar-refractivity contribution in [3.8, 4) is 0 Å². The van der Waals surface area contributed by atoms with Crippen molar-refractivity contribution in [2.75, 3.05) is 13.1 Å². The molecule has 1 unspecified atom stereocenters. The van der Waals surface area contributed by atoms with Gasteiger partial charge in [0.2, 0.25) is 0 Å². The maximum absolute atomic E-state index is 13.6. The number of nitrogens with zero attached hydrogens (tertiary/aromatic N) is 1. The smallest absolute Gasteiger partial charge is 0.194 e. The summed E-state index contributed by atoms with van der Waals surface area (Å²) >= 11 is 0. The molecule has 1 saturated heterocycles. The van der Waals surface area contributed by atoms with E-state index in [0.29, 0.717) is 12.2 Å². The van der Waals surface area contributed by atoms with Crippen LogP contribution in [-0.2, 0) is 17.8 Å². The Bertz CT molecular complexity index is 803. The minimum atomic E-state index is 0. The number of benzene rings is 2. The second-order valence-corrected chi connectivity index (χ2v) is 8.81. The highest BCUT2D eigenvalue weighted by Gasteiger charge is 2.41. The van der Waals surface area contributed by atoms with Crippen molar-refractivity contribution >= 4 is 5.78 Å². The molecule has 3 rings (SSSR count). The maximum Gasteiger partial charge on any atom is 0.194 e. The topological polar surface area (TPSA) is 17.1 Å². The molecule has 0 N–H and O–H groups in total. The fourth-order valence-electron chi connectivity index (χ4n) is 5.24. The van der Waals surface area contributed by atoms with Gasteiger partial charge in [-0.25, -0.2) is 0 Å². The second-order valence-electron chi connectivity index (χ2n) is 8.81. The minimum Gasteiger partial charge on any atom is -1.00 e. The van der Waals surface area contributed by atoms with E-state index in [4.69, 9.17) is 0 Å². The first-order valence-corrected chi connectivity index (χ1v) is 10.9. The summed E-state index contributed by atoms with van der Waals surface area (Å²) in [5.74, 6) is 0.425. The largest absolute Gasteiger partial charge is 1.00 e. The lowest BCUT2D eigenvalue weighted by atomic mass is 9.91. The molecule has 2 aromatic carbocycles. The third-order valence-corrected chi connectivity index (χ3v) is 6.70. The van der Waals surface area contributed by atoms with E-state index in [1.54, 1.807) is 0 Å². The zero-order valence-electron chi connectivity index (χ0n) is 18.5. The molecule has 0 spiro atoms. The number of quaternary nitrogens is 1. The third-order valence-electron chi connectivity index (χ3n) is 6.70. The first-order valence-electron chi connectivity index (χ1n) is 10.9. The van der Waals surface area contributed by atoms with Crippen LogP contribution in [-0.4, -0.2) is 29.4 Å². The van der Waals surface area contributed by atoms with Crippen LogP contribution in [0.2, 0.25) is 0 Å². The van der Waals surface area contributed by atoms with Gasteiger partial charge in [-0.05, 0) is 56.7 Å². The van der Waals surface area contributed by atoms with Crippen molar-refractivity contribution in [2.45, 2.75) is 72.4 Å². The van der Waals surface area contributed by atoms with Gasteiger partial charge in [0.05, 0.1) is 13.1 Å². The summed E-state index contributed by atoms with van der Waals surface area (Å²) in [7, 11) is 0. The normalized spacial score (nSPS) is 16.7. The highest BCUT2D eigenvalue weighted by atomic mass is 79.9. The van der Waals surface area contributed by atoms with Crippen molar-refractivity contribution in [3.63, 3.8) is 0 Å². The van der Waals surface area contributed by atoms with Crippen molar-refractivity contribution in [2.24, 2.45) is 0 Å². The quantitative estimate of drug-likeness (QED) is 0.584. The molecule has 29 heavy (non-hydrogen) atoms. The summed E-state index contributed by atoms with van der Waals surface area (Å²) in [6.07, 6.45) is 5.27. The van der Waals surface area contributed by atoms with Gasteiger partial charge in [0.25, 0.3) is 0 Å². The highest BCUT2D eigenvalue weighted by Crippen LogP contribution is 2.30. The number of likely N-dealkylation sites (tertiary alicyclic amines) is 1. The number of carbonyl (C=O) groups is 1. The standard InChI is InChI=1S/C26H36NO.BrH/c1-5-25(26(28)18-24-21(3)12-10-13-22(24)4)27(15-7-6-8-16-27)19-23-14-9-11-20(2)17-23;/h9-14,17,25H,5-8,15-16,18-19H2,1-4H3;1H/q+1;/p-1. The van der Waals surface area contributed by atoms with E-state index in [9.17, 15) is 4.79 Å². The number of rotatable bonds is 7. The number of carbonyl (C=O) groups excluding carboxylic acids is 1. The van der Waals surface area contributed by atoms with Crippen molar-refractivity contribution in [1.82, 2.24) is 0 Å². The number of piperidine rings is 1. The number of hydrogen-bond donors (Lipinski definition) is 0. The first-order chi connectivity index (χ1) is 13.4. The highest BCUT2D eigenvalue weighted by molar-refractivity contribution is 5.85. The third kappa shape index (κ3) is 5.58. The Balaban J connectivity index is 0.00000300. The monoisotopic (exact) mass is 457 g/mol. The van der Waals surface area contributed by atoms with Gasteiger partial charge in [0, 0.05) is 18.4 Å². The number of hydrogen-bond acceptors (Lipinski definition) is 1. The molecule has 1 atom stereocenters. The molecular weight excluding hydrogens is 422 g/mol. The average Bonchev–Trinajstić information content (AvgIpc) is 2.66. The molecule has 3 heteroatoms. The van der Waals surface area contributed by atoms with Crippen LogP contribution >= 0.6 is 0 Å². The van der Waals surface area contributed by atoms with E-state index in [1.807, 2.05) is 0 Å². The summed E-state index contributed by atoms with van der Waals surface area (Å²) in [5.41, 5.74) is 6.40. The van der Waals surface area contributed by atoms with E-state index < -0.39 is 0 Å². The van der Waals surface area contributed by atoms with Crippen LogP contribution in [0.25, 0.3) is 0 Å². The van der Waals surface area contributed by atoms with Crippen LogP contribution in [0, 0.1) is 20.8 Å². The lowest BCUT2D eigenvalue weighted by molar-refractivity contribution is -0.959. The molecule has 158 valence electrons. The molecule has 0 amide bonds. The fourth-order valence-corrected chi connectivity index (χ4v) is 5.24. The Morgan fingerprint density at radius 3 is 2.17 bits per heavy atom. The molecule has 0 saturated carbocycles. The predicted octanol–water partition coefficient (Wildman–Crippen LogP) is 2.71. The molecule has 0 bridgehead atoms. The van der Waals surface area contributed by atoms with Crippen molar-refractivity contribution in [1.29, 1.82) is 0 Å². The van der Waals surface area contributed by atoms with Gasteiger partial charge in [-0.3, -0.25) is 4.79 Å². The Morgan fingerprint density at radius 1 is 0.966 bits per heavy atom. The average molecular weight is 458 g/mol. The van der Waals surface area contributed by atoms with Crippen LogP contribution in [0.15, 0.2) is 42.5 Å². The number of halogens is 1. The van der Waals surface area contributed by atoms with Gasteiger partial charge in [-0.2, -0.15) is 0 Å². The molecule has 1 fully saturated rings.